The van der Waals surface area contributed by atoms with Crippen molar-refractivity contribution < 1.29 is 4.79 Å². The van der Waals surface area contributed by atoms with Gasteiger partial charge in [0.2, 0.25) is 5.91 Å². The number of rotatable bonds is 5. The molecule has 1 saturated carbocycles. The topological polar surface area (TPSA) is 54.0 Å². The number of hydrogen-bond donors (Lipinski definition) is 2. The highest BCUT2D eigenvalue weighted by atomic mass is 32.1. The van der Waals surface area contributed by atoms with Crippen LogP contribution in [0.5, 0.6) is 0 Å². The van der Waals surface area contributed by atoms with Gasteiger partial charge in [-0.1, -0.05) is 20.3 Å². The third-order valence-corrected chi connectivity index (χ3v) is 4.68. The van der Waals surface area contributed by atoms with Gasteiger partial charge in [0.25, 0.3) is 0 Å². The zero-order chi connectivity index (χ0) is 13.8. The van der Waals surface area contributed by atoms with Crippen LogP contribution in [0.1, 0.15) is 51.8 Å². The molecule has 1 fully saturated rings. The molecule has 3 atom stereocenters. The highest BCUT2D eigenvalue weighted by Gasteiger charge is 2.30. The predicted molar refractivity (Wildman–Crippen MR) is 79.3 cm³/mol. The van der Waals surface area contributed by atoms with Crippen molar-refractivity contribution >= 4 is 22.4 Å². The maximum atomic E-state index is 12.2. The van der Waals surface area contributed by atoms with Crippen molar-refractivity contribution in [2.24, 2.45) is 11.8 Å². The lowest BCUT2D eigenvalue weighted by Crippen LogP contribution is -2.24. The molecule has 1 heterocycles. The highest BCUT2D eigenvalue weighted by molar-refractivity contribution is 7.13. The summed E-state index contributed by atoms with van der Waals surface area (Å²) < 4.78 is 0. The van der Waals surface area contributed by atoms with E-state index in [0.29, 0.717) is 5.92 Å². The summed E-state index contributed by atoms with van der Waals surface area (Å²) in [6.07, 6.45) is 3.34. The zero-order valence-electron chi connectivity index (χ0n) is 11.9. The van der Waals surface area contributed by atoms with Crippen LogP contribution in [0.15, 0.2) is 5.38 Å². The Morgan fingerprint density at radius 2 is 2.37 bits per heavy atom. The van der Waals surface area contributed by atoms with E-state index in [2.05, 4.69) is 36.4 Å². The van der Waals surface area contributed by atoms with Crippen LogP contribution in [0.4, 0.5) is 5.13 Å². The summed E-state index contributed by atoms with van der Waals surface area (Å²) in [7, 11) is 0. The van der Waals surface area contributed by atoms with Gasteiger partial charge in [0.1, 0.15) is 0 Å². The van der Waals surface area contributed by atoms with E-state index >= 15 is 0 Å². The summed E-state index contributed by atoms with van der Waals surface area (Å²) in [6, 6.07) is 0.234. The number of aromatic nitrogens is 1. The largest absolute Gasteiger partial charge is 0.309 e. The number of hydrogen-bond acceptors (Lipinski definition) is 4. The fourth-order valence-corrected chi connectivity index (χ4v) is 3.49. The van der Waals surface area contributed by atoms with Crippen molar-refractivity contribution in [2.45, 2.75) is 46.1 Å². The number of nitrogens with zero attached hydrogens (tertiary/aromatic N) is 1. The summed E-state index contributed by atoms with van der Waals surface area (Å²) in [6.45, 7) is 7.24. The molecule has 0 saturated heterocycles. The number of nitrogens with one attached hydrogen (secondary N) is 2. The van der Waals surface area contributed by atoms with Crippen LogP contribution in [0.3, 0.4) is 0 Å². The minimum atomic E-state index is 0.141. The predicted octanol–water partition coefficient (Wildman–Crippen LogP) is 3.19. The number of anilines is 1. The Kier molecular flexibility index (Phi) is 4.93. The van der Waals surface area contributed by atoms with Gasteiger partial charge >= 0.3 is 0 Å². The molecule has 0 aliphatic heterocycles. The van der Waals surface area contributed by atoms with Gasteiger partial charge in [-0.25, -0.2) is 4.98 Å². The van der Waals surface area contributed by atoms with Crippen molar-refractivity contribution in [2.75, 3.05) is 11.9 Å². The summed E-state index contributed by atoms with van der Waals surface area (Å²) in [5, 5.41) is 9.04. The molecule has 2 N–H and O–H groups in total. The van der Waals surface area contributed by atoms with E-state index in [1.165, 1.54) is 24.2 Å². The molecule has 0 aromatic carbocycles. The molecule has 106 valence electrons. The first-order valence-corrected chi connectivity index (χ1v) is 7.99. The molecule has 3 unspecified atom stereocenters. The number of amides is 1. The Morgan fingerprint density at radius 3 is 3.00 bits per heavy atom. The molecule has 4 nitrogen and oxygen atoms in total. The SMILES string of the molecule is CCNC(C)c1csc(NC(=O)C2CCCC2C)n1. The van der Waals surface area contributed by atoms with E-state index < -0.39 is 0 Å². The molecule has 0 bridgehead atoms. The van der Waals surface area contributed by atoms with E-state index in [-0.39, 0.29) is 17.9 Å². The first kappa shape index (κ1) is 14.5. The number of carbonyl (C=O) groups is 1. The monoisotopic (exact) mass is 281 g/mol. The van der Waals surface area contributed by atoms with Gasteiger partial charge in [0, 0.05) is 17.3 Å². The van der Waals surface area contributed by atoms with Crippen molar-refractivity contribution in [3.63, 3.8) is 0 Å². The third-order valence-electron chi connectivity index (χ3n) is 3.90. The van der Waals surface area contributed by atoms with Gasteiger partial charge in [0.05, 0.1) is 5.69 Å². The van der Waals surface area contributed by atoms with Gasteiger partial charge in [-0.3, -0.25) is 4.79 Å². The average molecular weight is 281 g/mol. The van der Waals surface area contributed by atoms with E-state index in [4.69, 9.17) is 0 Å². The van der Waals surface area contributed by atoms with Gasteiger partial charge < -0.3 is 10.6 Å². The van der Waals surface area contributed by atoms with Crippen molar-refractivity contribution in [3.8, 4) is 0 Å². The summed E-state index contributed by atoms with van der Waals surface area (Å²) in [5.74, 6) is 0.806. The van der Waals surface area contributed by atoms with E-state index in [1.54, 1.807) is 0 Å². The van der Waals surface area contributed by atoms with E-state index in [0.717, 1.165) is 23.8 Å². The van der Waals surface area contributed by atoms with Gasteiger partial charge in [-0.05, 0) is 32.2 Å². The fraction of sp³-hybridized carbons (Fsp3) is 0.714. The summed E-state index contributed by atoms with van der Waals surface area (Å²) in [5.41, 5.74) is 1.00. The lowest BCUT2D eigenvalue weighted by molar-refractivity contribution is -0.120. The van der Waals surface area contributed by atoms with Crippen LogP contribution >= 0.6 is 11.3 Å². The molecule has 1 aliphatic rings. The highest BCUT2D eigenvalue weighted by Crippen LogP contribution is 2.32. The van der Waals surface area contributed by atoms with Crippen LogP contribution in [-0.2, 0) is 4.79 Å². The fourth-order valence-electron chi connectivity index (χ4n) is 2.69. The molecule has 0 radical (unpaired) electrons. The molecule has 2 rings (SSSR count). The third kappa shape index (κ3) is 3.54. The average Bonchev–Trinajstić information content (AvgIpc) is 2.98. The van der Waals surface area contributed by atoms with E-state index in [1.807, 2.05) is 5.38 Å². The Labute approximate surface area is 119 Å². The first-order chi connectivity index (χ1) is 9.11. The maximum absolute atomic E-state index is 12.2. The molecule has 19 heavy (non-hydrogen) atoms. The molecular formula is C14H23N3OS. The standard InChI is InChI=1S/C14H23N3OS/c1-4-15-10(3)12-8-19-14(16-12)17-13(18)11-7-5-6-9(11)2/h8-11,15H,4-7H2,1-3H3,(H,16,17,18). The van der Waals surface area contributed by atoms with Gasteiger partial charge in [-0.15, -0.1) is 11.3 Å². The minimum Gasteiger partial charge on any atom is -0.309 e. The summed E-state index contributed by atoms with van der Waals surface area (Å²) >= 11 is 1.51. The van der Waals surface area contributed by atoms with Crippen LogP contribution in [0.2, 0.25) is 0 Å². The second-order valence-corrected chi connectivity index (χ2v) is 6.22. The Bertz CT molecular complexity index is 432. The molecule has 1 aliphatic carbocycles. The smallest absolute Gasteiger partial charge is 0.229 e. The lowest BCUT2D eigenvalue weighted by Gasteiger charge is -2.13. The zero-order valence-corrected chi connectivity index (χ0v) is 12.7. The lowest BCUT2D eigenvalue weighted by atomic mass is 9.97. The van der Waals surface area contributed by atoms with Crippen LogP contribution in [-0.4, -0.2) is 17.4 Å². The Balaban J connectivity index is 1.94. The summed E-state index contributed by atoms with van der Waals surface area (Å²) in [4.78, 5) is 16.7. The molecular weight excluding hydrogens is 258 g/mol. The Hall–Kier alpha value is -0.940. The quantitative estimate of drug-likeness (QED) is 0.871. The molecule has 1 aromatic rings. The minimum absolute atomic E-state index is 0.141. The molecule has 0 spiro atoms. The van der Waals surface area contributed by atoms with Gasteiger partial charge in [0.15, 0.2) is 5.13 Å². The number of carbonyl (C=O) groups excluding carboxylic acids is 1. The van der Waals surface area contributed by atoms with Crippen LogP contribution in [0, 0.1) is 11.8 Å². The maximum Gasteiger partial charge on any atom is 0.229 e. The second kappa shape index (κ2) is 6.48. The van der Waals surface area contributed by atoms with Crippen LogP contribution < -0.4 is 10.6 Å². The molecule has 1 aromatic heterocycles. The van der Waals surface area contributed by atoms with Crippen molar-refractivity contribution in [1.29, 1.82) is 0 Å². The molecule has 5 heteroatoms. The van der Waals surface area contributed by atoms with Crippen LogP contribution in [0.25, 0.3) is 0 Å². The second-order valence-electron chi connectivity index (χ2n) is 5.36. The normalized spacial score (nSPS) is 24.4. The van der Waals surface area contributed by atoms with Crippen molar-refractivity contribution in [1.82, 2.24) is 10.3 Å². The first-order valence-electron chi connectivity index (χ1n) is 7.11. The molecule has 1 amide bonds. The van der Waals surface area contributed by atoms with Crippen molar-refractivity contribution in [3.05, 3.63) is 11.1 Å². The van der Waals surface area contributed by atoms with E-state index in [9.17, 15) is 4.79 Å². The number of thiazole rings is 1. The Morgan fingerprint density at radius 1 is 1.58 bits per heavy atom. The van der Waals surface area contributed by atoms with Gasteiger partial charge in [-0.2, -0.15) is 0 Å².